The Balaban J connectivity index is 1.81. The van der Waals surface area contributed by atoms with Gasteiger partial charge in [-0.15, -0.1) is 0 Å². The van der Waals surface area contributed by atoms with Gasteiger partial charge in [0, 0.05) is 12.2 Å². The zero-order chi connectivity index (χ0) is 15.4. The molecule has 3 unspecified atom stereocenters. The van der Waals surface area contributed by atoms with E-state index >= 15 is 0 Å². The third-order valence-corrected chi connectivity index (χ3v) is 3.73. The molecule has 0 radical (unpaired) electrons. The molecule has 2 aliphatic rings. The molecule has 2 rings (SSSR count). The van der Waals surface area contributed by atoms with Crippen LogP contribution >= 0.6 is 0 Å². The molecule has 7 heteroatoms. The van der Waals surface area contributed by atoms with Crippen molar-refractivity contribution < 1.29 is 19.7 Å². The number of rotatable bonds is 5. The molecule has 0 amide bonds. The van der Waals surface area contributed by atoms with E-state index in [-0.39, 0.29) is 6.17 Å². The molecular weight excluding hydrogens is 274 g/mol. The number of esters is 1. The van der Waals surface area contributed by atoms with E-state index in [4.69, 9.17) is 4.74 Å². The topological polar surface area (TPSA) is 103 Å². The van der Waals surface area contributed by atoms with Gasteiger partial charge in [-0.1, -0.05) is 0 Å². The first-order valence-electron chi connectivity index (χ1n) is 7.50. The summed E-state index contributed by atoms with van der Waals surface area (Å²) in [6, 6.07) is 0.326. The number of hydrogen-bond donors (Lipinski definition) is 5. The van der Waals surface area contributed by atoms with Gasteiger partial charge in [-0.2, -0.15) is 0 Å². The summed E-state index contributed by atoms with van der Waals surface area (Å²) in [5.74, 6) is -0.470. The fourth-order valence-electron chi connectivity index (χ4n) is 2.48. The van der Waals surface area contributed by atoms with Gasteiger partial charge in [0.05, 0.1) is 23.9 Å². The van der Waals surface area contributed by atoms with Gasteiger partial charge in [0.2, 0.25) is 0 Å². The molecule has 1 aliphatic heterocycles. The number of ether oxygens (including phenoxy) is 1. The van der Waals surface area contributed by atoms with Crippen molar-refractivity contribution in [1.82, 2.24) is 16.2 Å². The Morgan fingerprint density at radius 3 is 2.52 bits per heavy atom. The predicted octanol–water partition coefficient (Wildman–Crippen LogP) is -0.490. The van der Waals surface area contributed by atoms with Crippen molar-refractivity contribution in [3.63, 3.8) is 0 Å². The number of carbonyl (C=O) groups is 1. The third-order valence-electron chi connectivity index (χ3n) is 3.73. The molecule has 0 spiro atoms. The van der Waals surface area contributed by atoms with Crippen molar-refractivity contribution in [1.29, 1.82) is 0 Å². The third kappa shape index (κ3) is 4.41. The highest BCUT2D eigenvalue weighted by Gasteiger charge is 2.37. The van der Waals surface area contributed by atoms with E-state index in [0.29, 0.717) is 30.9 Å². The van der Waals surface area contributed by atoms with Crippen molar-refractivity contribution in [3.8, 4) is 0 Å². The molecule has 0 aromatic heterocycles. The van der Waals surface area contributed by atoms with E-state index in [1.54, 1.807) is 6.20 Å². The summed E-state index contributed by atoms with van der Waals surface area (Å²) in [7, 11) is 0. The van der Waals surface area contributed by atoms with E-state index < -0.39 is 24.3 Å². The van der Waals surface area contributed by atoms with Gasteiger partial charge in [0.25, 0.3) is 0 Å². The molecule has 7 nitrogen and oxygen atoms in total. The summed E-state index contributed by atoms with van der Waals surface area (Å²) in [4.78, 5) is 12.0. The van der Waals surface area contributed by atoms with Crippen LogP contribution in [0.15, 0.2) is 11.8 Å². The minimum absolute atomic E-state index is 0.0617. The highest BCUT2D eigenvalue weighted by molar-refractivity contribution is 5.88. The average molecular weight is 299 g/mol. The first-order valence-corrected chi connectivity index (χ1v) is 7.50. The molecule has 21 heavy (non-hydrogen) atoms. The van der Waals surface area contributed by atoms with E-state index in [0.717, 1.165) is 6.42 Å². The Kier molecular flexibility index (Phi) is 5.58. The Morgan fingerprint density at radius 1 is 1.33 bits per heavy atom. The number of aliphatic hydroxyl groups excluding tert-OH is 2. The predicted molar refractivity (Wildman–Crippen MR) is 76.8 cm³/mol. The molecule has 0 aromatic carbocycles. The summed E-state index contributed by atoms with van der Waals surface area (Å²) in [6.45, 7) is 4.07. The molecule has 0 bridgehead atoms. The van der Waals surface area contributed by atoms with Gasteiger partial charge in [0.1, 0.15) is 0 Å². The Labute approximate surface area is 124 Å². The van der Waals surface area contributed by atoms with Crippen LogP contribution < -0.4 is 16.2 Å². The lowest BCUT2D eigenvalue weighted by molar-refractivity contribution is -0.154. The first kappa shape index (κ1) is 16.2. The Morgan fingerprint density at radius 2 is 2.00 bits per heavy atom. The van der Waals surface area contributed by atoms with Crippen molar-refractivity contribution in [2.45, 2.75) is 70.1 Å². The first-order chi connectivity index (χ1) is 9.97. The van der Waals surface area contributed by atoms with Gasteiger partial charge in [-0.25, -0.2) is 10.2 Å². The smallest absolute Gasteiger partial charge is 0.335 e. The second kappa shape index (κ2) is 7.22. The lowest BCUT2D eigenvalue weighted by atomic mass is 10.1. The van der Waals surface area contributed by atoms with Crippen molar-refractivity contribution in [2.75, 3.05) is 0 Å². The highest BCUT2D eigenvalue weighted by Crippen LogP contribution is 2.24. The Hall–Kier alpha value is -1.15. The molecule has 1 aliphatic carbocycles. The summed E-state index contributed by atoms with van der Waals surface area (Å²) in [5, 5.41) is 22.5. The van der Waals surface area contributed by atoms with Crippen LogP contribution in [-0.4, -0.2) is 46.7 Å². The van der Waals surface area contributed by atoms with E-state index in [1.807, 2.05) is 13.8 Å². The summed E-state index contributed by atoms with van der Waals surface area (Å²) >= 11 is 0. The van der Waals surface area contributed by atoms with Gasteiger partial charge < -0.3 is 20.3 Å². The van der Waals surface area contributed by atoms with Crippen LogP contribution in [-0.2, 0) is 9.53 Å². The number of carbonyl (C=O) groups excluding carboxylic acids is 1. The molecule has 1 heterocycles. The minimum Gasteiger partial charge on any atom is -0.453 e. The maximum absolute atomic E-state index is 12.0. The fraction of sp³-hybridized carbons (Fsp3) is 0.786. The molecule has 0 saturated heterocycles. The molecule has 3 atom stereocenters. The molecule has 0 aromatic rings. The highest BCUT2D eigenvalue weighted by atomic mass is 16.6. The summed E-state index contributed by atoms with van der Waals surface area (Å²) in [6.07, 6.45) is 1.60. The zero-order valence-corrected chi connectivity index (χ0v) is 12.5. The van der Waals surface area contributed by atoms with E-state index in [9.17, 15) is 15.0 Å². The van der Waals surface area contributed by atoms with Crippen LogP contribution in [0.25, 0.3) is 0 Å². The SMILES string of the molecule is CC(C)NNC1CCC(C(=O)OC2C(O)CCC2O)=CN1. The average Bonchev–Trinajstić information content (AvgIpc) is 2.77. The molecule has 1 saturated carbocycles. The van der Waals surface area contributed by atoms with Crippen LogP contribution in [0.4, 0.5) is 0 Å². The quantitative estimate of drug-likeness (QED) is 0.345. The van der Waals surface area contributed by atoms with Gasteiger partial charge in [0.15, 0.2) is 6.10 Å². The fourth-order valence-corrected chi connectivity index (χ4v) is 2.48. The summed E-state index contributed by atoms with van der Waals surface area (Å²) < 4.78 is 5.23. The largest absolute Gasteiger partial charge is 0.453 e. The number of hydrogen-bond acceptors (Lipinski definition) is 7. The van der Waals surface area contributed by atoms with Crippen molar-refractivity contribution in [2.24, 2.45) is 0 Å². The van der Waals surface area contributed by atoms with Gasteiger partial charge in [-0.05, 0) is 39.5 Å². The Bertz CT molecular complexity index is 390. The number of nitrogens with one attached hydrogen (secondary N) is 3. The lowest BCUT2D eigenvalue weighted by Crippen LogP contribution is -2.51. The second-order valence-corrected chi connectivity index (χ2v) is 5.95. The molecule has 120 valence electrons. The lowest BCUT2D eigenvalue weighted by Gasteiger charge is -2.26. The molecule has 5 N–H and O–H groups in total. The van der Waals surface area contributed by atoms with Crippen molar-refractivity contribution in [3.05, 3.63) is 11.8 Å². The van der Waals surface area contributed by atoms with Crippen molar-refractivity contribution >= 4 is 5.97 Å². The van der Waals surface area contributed by atoms with Gasteiger partial charge >= 0.3 is 5.97 Å². The zero-order valence-electron chi connectivity index (χ0n) is 12.5. The maximum Gasteiger partial charge on any atom is 0.335 e. The van der Waals surface area contributed by atoms with Crippen LogP contribution in [0.1, 0.15) is 39.5 Å². The summed E-state index contributed by atoms with van der Waals surface area (Å²) in [5.41, 5.74) is 6.77. The van der Waals surface area contributed by atoms with Crippen LogP contribution in [0.3, 0.4) is 0 Å². The van der Waals surface area contributed by atoms with Crippen LogP contribution in [0.5, 0.6) is 0 Å². The molecule has 1 fully saturated rings. The van der Waals surface area contributed by atoms with Crippen LogP contribution in [0.2, 0.25) is 0 Å². The monoisotopic (exact) mass is 299 g/mol. The number of aliphatic hydroxyl groups is 2. The van der Waals surface area contributed by atoms with E-state index in [2.05, 4.69) is 16.2 Å². The van der Waals surface area contributed by atoms with E-state index in [1.165, 1.54) is 0 Å². The second-order valence-electron chi connectivity index (χ2n) is 5.95. The maximum atomic E-state index is 12.0. The van der Waals surface area contributed by atoms with Crippen LogP contribution in [0, 0.1) is 0 Å². The number of hydrazine groups is 1. The molecular formula is C14H25N3O4. The normalized spacial score (nSPS) is 32.7. The standard InChI is InChI=1S/C14H25N3O4/c1-8(2)16-17-12-6-3-9(7-15-12)14(20)21-13-10(18)4-5-11(13)19/h7-8,10-13,15-19H,3-6H2,1-2H3. The minimum atomic E-state index is -0.808. The van der Waals surface area contributed by atoms with Gasteiger partial charge in [-0.3, -0.25) is 5.43 Å².